The molecule has 1 rings (SSSR count). The van der Waals surface area contributed by atoms with Crippen LogP contribution in [0.1, 0.15) is 22.8 Å². The average Bonchev–Trinajstić information content (AvgIpc) is 2.12. The van der Waals surface area contributed by atoms with Crippen molar-refractivity contribution in [2.75, 3.05) is 7.11 Å². The van der Waals surface area contributed by atoms with Crippen LogP contribution in [0.2, 0.25) is 0 Å². The number of hydrogen-bond acceptors (Lipinski definition) is 3. The summed E-state index contributed by atoms with van der Waals surface area (Å²) < 4.78 is 5.76. The Morgan fingerprint density at radius 2 is 2.14 bits per heavy atom. The van der Waals surface area contributed by atoms with Gasteiger partial charge in [0.25, 0.3) is 0 Å². The van der Waals surface area contributed by atoms with E-state index in [2.05, 4.69) is 15.9 Å². The van der Waals surface area contributed by atoms with E-state index in [0.29, 0.717) is 5.75 Å². The van der Waals surface area contributed by atoms with Crippen molar-refractivity contribution in [3.8, 4) is 11.5 Å². The summed E-state index contributed by atoms with van der Waals surface area (Å²) in [5.41, 5.74) is 1.04. The van der Waals surface area contributed by atoms with Crippen molar-refractivity contribution in [3.05, 3.63) is 21.7 Å². The van der Waals surface area contributed by atoms with Crippen LogP contribution in [-0.4, -0.2) is 18.0 Å². The molecule has 1 N–H and O–H groups in total. The molecule has 0 aliphatic carbocycles. The molecule has 0 saturated heterocycles. The lowest BCUT2D eigenvalue weighted by Crippen LogP contribution is -1.98. The first-order valence-electron chi connectivity index (χ1n) is 4.06. The Hall–Kier alpha value is -1.03. The number of carbonyl (C=O) groups excluding carboxylic acids is 1. The van der Waals surface area contributed by atoms with E-state index in [1.807, 2.05) is 0 Å². The second-order valence-electron chi connectivity index (χ2n) is 2.97. The van der Waals surface area contributed by atoms with Crippen LogP contribution in [0, 0.1) is 6.92 Å². The quantitative estimate of drug-likeness (QED) is 0.830. The van der Waals surface area contributed by atoms with Crippen LogP contribution in [0.15, 0.2) is 10.5 Å². The molecule has 0 spiro atoms. The fourth-order valence-electron chi connectivity index (χ4n) is 1.23. The van der Waals surface area contributed by atoms with Crippen LogP contribution in [0.5, 0.6) is 11.5 Å². The molecule has 76 valence electrons. The fraction of sp³-hybridized carbons (Fsp3) is 0.300. The van der Waals surface area contributed by atoms with Gasteiger partial charge in [-0.3, -0.25) is 4.79 Å². The monoisotopic (exact) mass is 258 g/mol. The number of Topliss-reactive ketones (excluding diaryl/α,β-unsaturated/α-hetero) is 1. The van der Waals surface area contributed by atoms with E-state index in [0.717, 1.165) is 10.0 Å². The highest BCUT2D eigenvalue weighted by molar-refractivity contribution is 9.10. The maximum absolute atomic E-state index is 11.2. The summed E-state index contributed by atoms with van der Waals surface area (Å²) >= 11 is 3.30. The lowest BCUT2D eigenvalue weighted by molar-refractivity contribution is 0.101. The zero-order valence-electron chi connectivity index (χ0n) is 8.22. The highest BCUT2D eigenvalue weighted by Gasteiger charge is 2.16. The number of methoxy groups -OCH3 is 1. The zero-order chi connectivity index (χ0) is 10.9. The Balaban J connectivity index is 3.50. The molecule has 0 fully saturated rings. The summed E-state index contributed by atoms with van der Waals surface area (Å²) in [4.78, 5) is 11.2. The number of phenols is 1. The fourth-order valence-corrected chi connectivity index (χ4v) is 1.64. The van der Waals surface area contributed by atoms with E-state index in [1.54, 1.807) is 13.0 Å². The Morgan fingerprint density at radius 3 is 2.57 bits per heavy atom. The second kappa shape index (κ2) is 4.00. The zero-order valence-corrected chi connectivity index (χ0v) is 9.81. The van der Waals surface area contributed by atoms with Crippen molar-refractivity contribution >= 4 is 21.7 Å². The topological polar surface area (TPSA) is 46.5 Å². The van der Waals surface area contributed by atoms with Crippen molar-refractivity contribution < 1.29 is 14.6 Å². The number of ketones is 1. The number of hydrogen-bond donors (Lipinski definition) is 1. The molecule has 0 aromatic heterocycles. The molecule has 3 nitrogen and oxygen atoms in total. The number of phenolic OH excluding ortho intramolecular Hbond substituents is 1. The lowest BCUT2D eigenvalue weighted by atomic mass is 10.1. The van der Waals surface area contributed by atoms with E-state index < -0.39 is 0 Å². The molecule has 0 radical (unpaired) electrons. The van der Waals surface area contributed by atoms with Gasteiger partial charge >= 0.3 is 0 Å². The summed E-state index contributed by atoms with van der Waals surface area (Å²) in [6.07, 6.45) is 0. The molecule has 0 saturated carbocycles. The first-order valence-corrected chi connectivity index (χ1v) is 4.85. The molecule has 1 aromatic rings. The van der Waals surface area contributed by atoms with E-state index in [4.69, 9.17) is 4.74 Å². The van der Waals surface area contributed by atoms with Crippen LogP contribution in [0.25, 0.3) is 0 Å². The first-order chi connectivity index (χ1) is 6.49. The van der Waals surface area contributed by atoms with E-state index in [-0.39, 0.29) is 17.1 Å². The number of benzene rings is 1. The Labute approximate surface area is 90.8 Å². The summed E-state index contributed by atoms with van der Waals surface area (Å²) in [6.45, 7) is 3.20. The summed E-state index contributed by atoms with van der Waals surface area (Å²) in [5, 5.41) is 9.70. The molecule has 0 unspecified atom stereocenters. The molecule has 1 aromatic carbocycles. The molecule has 0 amide bonds. The normalized spacial score (nSPS) is 10.0. The molecule has 0 atom stereocenters. The lowest BCUT2D eigenvalue weighted by Gasteiger charge is -2.11. The van der Waals surface area contributed by atoms with E-state index >= 15 is 0 Å². The van der Waals surface area contributed by atoms with Gasteiger partial charge < -0.3 is 9.84 Å². The minimum absolute atomic E-state index is 0.0966. The van der Waals surface area contributed by atoms with Crippen LogP contribution < -0.4 is 4.74 Å². The molecular weight excluding hydrogens is 248 g/mol. The molecule has 4 heteroatoms. The molecule has 0 aliphatic heterocycles. The van der Waals surface area contributed by atoms with Gasteiger partial charge in [0, 0.05) is 10.0 Å². The summed E-state index contributed by atoms with van der Waals surface area (Å²) in [7, 11) is 1.46. The van der Waals surface area contributed by atoms with Gasteiger partial charge in [0.1, 0.15) is 0 Å². The van der Waals surface area contributed by atoms with E-state index in [1.165, 1.54) is 14.0 Å². The Bertz CT molecular complexity index is 385. The molecule has 0 aliphatic rings. The third-order valence-electron chi connectivity index (χ3n) is 2.02. The van der Waals surface area contributed by atoms with Crippen molar-refractivity contribution in [2.45, 2.75) is 13.8 Å². The second-order valence-corrected chi connectivity index (χ2v) is 3.82. The molecule has 14 heavy (non-hydrogen) atoms. The average molecular weight is 259 g/mol. The van der Waals surface area contributed by atoms with Gasteiger partial charge in [-0.05, 0) is 19.9 Å². The van der Waals surface area contributed by atoms with Crippen LogP contribution in [0.3, 0.4) is 0 Å². The number of aromatic hydroxyl groups is 1. The van der Waals surface area contributed by atoms with Crippen molar-refractivity contribution in [3.63, 3.8) is 0 Å². The SMILES string of the molecule is COc1c(C)c(Br)cc(C(C)=O)c1O. The van der Waals surface area contributed by atoms with Gasteiger partial charge in [0.15, 0.2) is 17.3 Å². The van der Waals surface area contributed by atoms with Crippen LogP contribution in [0.4, 0.5) is 0 Å². The maximum atomic E-state index is 11.2. The summed E-state index contributed by atoms with van der Waals surface area (Å²) in [6, 6.07) is 1.59. The van der Waals surface area contributed by atoms with E-state index in [9.17, 15) is 9.90 Å². The van der Waals surface area contributed by atoms with Crippen molar-refractivity contribution in [1.82, 2.24) is 0 Å². The van der Waals surface area contributed by atoms with Crippen LogP contribution >= 0.6 is 15.9 Å². The maximum Gasteiger partial charge on any atom is 0.169 e. The Morgan fingerprint density at radius 1 is 1.57 bits per heavy atom. The number of rotatable bonds is 2. The number of ether oxygens (including phenoxy) is 1. The third-order valence-corrected chi connectivity index (χ3v) is 2.85. The van der Waals surface area contributed by atoms with Gasteiger partial charge in [-0.25, -0.2) is 0 Å². The summed E-state index contributed by atoms with van der Waals surface area (Å²) in [5.74, 6) is 0.0479. The first kappa shape index (κ1) is 11.0. The van der Waals surface area contributed by atoms with Crippen molar-refractivity contribution in [2.24, 2.45) is 0 Å². The molecular formula is C10H11BrO3. The molecule has 0 bridgehead atoms. The van der Waals surface area contributed by atoms with Gasteiger partial charge in [0.2, 0.25) is 0 Å². The smallest absolute Gasteiger partial charge is 0.169 e. The van der Waals surface area contributed by atoms with Gasteiger partial charge in [0.05, 0.1) is 12.7 Å². The molecule has 0 heterocycles. The predicted molar refractivity (Wildman–Crippen MR) is 57.1 cm³/mol. The van der Waals surface area contributed by atoms with Crippen molar-refractivity contribution in [1.29, 1.82) is 0 Å². The van der Waals surface area contributed by atoms with Gasteiger partial charge in [-0.2, -0.15) is 0 Å². The minimum Gasteiger partial charge on any atom is -0.504 e. The standard InChI is InChI=1S/C10H11BrO3/c1-5-8(11)4-7(6(2)12)9(13)10(5)14-3/h4,13H,1-3H3. The Kier molecular flexibility index (Phi) is 3.16. The number of halogens is 1. The number of carbonyl (C=O) groups is 1. The highest BCUT2D eigenvalue weighted by atomic mass is 79.9. The van der Waals surface area contributed by atoms with Gasteiger partial charge in [-0.15, -0.1) is 0 Å². The minimum atomic E-state index is -0.193. The van der Waals surface area contributed by atoms with Gasteiger partial charge in [-0.1, -0.05) is 15.9 Å². The largest absolute Gasteiger partial charge is 0.504 e. The highest BCUT2D eigenvalue weighted by Crippen LogP contribution is 2.38. The third kappa shape index (κ3) is 1.75. The van der Waals surface area contributed by atoms with Crippen LogP contribution in [-0.2, 0) is 0 Å². The predicted octanol–water partition coefficient (Wildman–Crippen LogP) is 2.67.